The minimum absolute atomic E-state index is 0.0460. The molecule has 2 aromatic carbocycles. The fraction of sp³-hybridized carbons (Fsp3) is 0.240. The van der Waals surface area contributed by atoms with E-state index in [0.29, 0.717) is 40.4 Å². The molecule has 10 heteroatoms. The third kappa shape index (κ3) is 6.07. The van der Waals surface area contributed by atoms with Gasteiger partial charge < -0.3 is 21.1 Å². The molecule has 0 spiro atoms. The second kappa shape index (κ2) is 11.2. The number of aromatic nitrogens is 1. The quantitative estimate of drug-likeness (QED) is 0.399. The molecular formula is C25H26BrFN4O4. The van der Waals surface area contributed by atoms with E-state index >= 15 is 0 Å². The van der Waals surface area contributed by atoms with Crippen LogP contribution in [-0.2, 0) is 13.2 Å². The predicted octanol–water partition coefficient (Wildman–Crippen LogP) is 3.85. The van der Waals surface area contributed by atoms with E-state index in [1.54, 1.807) is 44.2 Å². The van der Waals surface area contributed by atoms with E-state index < -0.39 is 11.7 Å². The summed E-state index contributed by atoms with van der Waals surface area (Å²) in [5.41, 5.74) is 8.43. The van der Waals surface area contributed by atoms with Gasteiger partial charge in [-0.25, -0.2) is 9.18 Å². The summed E-state index contributed by atoms with van der Waals surface area (Å²) in [7, 11) is 0. The fourth-order valence-corrected chi connectivity index (χ4v) is 3.95. The average molecular weight is 545 g/mol. The number of halogens is 2. The summed E-state index contributed by atoms with van der Waals surface area (Å²) in [6, 6.07) is 10.5. The number of amides is 3. The van der Waals surface area contributed by atoms with Crippen molar-refractivity contribution >= 4 is 27.9 Å². The zero-order chi connectivity index (χ0) is 25.7. The SMILES string of the molecule is CCNC(=O)NCc1cc(F)ccc1COc1cc(C)n(-c2cc(C(N)=O)ccc2C)c(=O)c1Br. The van der Waals surface area contributed by atoms with Crippen LogP contribution in [0, 0.1) is 19.7 Å². The van der Waals surface area contributed by atoms with Crippen molar-refractivity contribution in [3.8, 4) is 11.4 Å². The van der Waals surface area contributed by atoms with Gasteiger partial charge in [0.25, 0.3) is 5.56 Å². The van der Waals surface area contributed by atoms with E-state index in [0.717, 1.165) is 5.56 Å². The summed E-state index contributed by atoms with van der Waals surface area (Å²) in [6.45, 7) is 6.00. The van der Waals surface area contributed by atoms with E-state index in [-0.39, 0.29) is 29.2 Å². The standard InChI is InChI=1S/C25H26BrFN4O4/c1-4-29-25(34)30-12-18-10-19(27)8-7-17(18)13-35-21-9-15(3)31(24(33)22(21)26)20-11-16(23(28)32)6-5-14(20)2/h5-11H,4,12-13H2,1-3H3,(H2,28,32)(H2,29,30,34). The van der Waals surface area contributed by atoms with Crippen LogP contribution in [0.4, 0.5) is 9.18 Å². The van der Waals surface area contributed by atoms with Crippen molar-refractivity contribution in [3.05, 3.63) is 91.1 Å². The number of carbonyl (C=O) groups is 2. The van der Waals surface area contributed by atoms with Crippen molar-refractivity contribution in [3.63, 3.8) is 0 Å². The number of urea groups is 1. The van der Waals surface area contributed by atoms with Crippen LogP contribution in [0.5, 0.6) is 5.75 Å². The molecule has 0 unspecified atom stereocenters. The topological polar surface area (TPSA) is 115 Å². The third-order valence-corrected chi connectivity index (χ3v) is 6.09. The number of benzene rings is 2. The first kappa shape index (κ1) is 26.0. The van der Waals surface area contributed by atoms with Gasteiger partial charge in [0.1, 0.15) is 22.6 Å². The highest BCUT2D eigenvalue weighted by atomic mass is 79.9. The molecule has 8 nitrogen and oxygen atoms in total. The van der Waals surface area contributed by atoms with Gasteiger partial charge in [0, 0.05) is 30.4 Å². The molecule has 1 aromatic heterocycles. The molecule has 0 radical (unpaired) electrons. The summed E-state index contributed by atoms with van der Waals surface area (Å²) in [6.07, 6.45) is 0. The highest BCUT2D eigenvalue weighted by molar-refractivity contribution is 9.10. The van der Waals surface area contributed by atoms with E-state index in [9.17, 15) is 18.8 Å². The first-order valence-electron chi connectivity index (χ1n) is 10.9. The summed E-state index contributed by atoms with van der Waals surface area (Å²) in [5.74, 6) is -0.721. The first-order chi connectivity index (χ1) is 16.6. The van der Waals surface area contributed by atoms with Gasteiger partial charge in [0.15, 0.2) is 0 Å². The molecule has 184 valence electrons. The van der Waals surface area contributed by atoms with Crippen LogP contribution in [0.15, 0.2) is 51.7 Å². The Morgan fingerprint density at radius 3 is 2.51 bits per heavy atom. The molecule has 0 aliphatic carbocycles. The molecule has 0 fully saturated rings. The number of hydrogen-bond acceptors (Lipinski definition) is 4. The monoisotopic (exact) mass is 544 g/mol. The predicted molar refractivity (Wildman–Crippen MR) is 134 cm³/mol. The zero-order valence-electron chi connectivity index (χ0n) is 19.6. The third-order valence-electron chi connectivity index (χ3n) is 5.36. The van der Waals surface area contributed by atoms with Gasteiger partial charge in [-0.3, -0.25) is 14.2 Å². The maximum absolute atomic E-state index is 13.8. The number of nitrogens with one attached hydrogen (secondary N) is 2. The van der Waals surface area contributed by atoms with Crippen LogP contribution in [0.1, 0.15) is 39.7 Å². The summed E-state index contributed by atoms with van der Waals surface area (Å²) >= 11 is 3.33. The molecule has 0 atom stereocenters. The number of nitrogens with zero attached hydrogens (tertiary/aromatic N) is 1. The molecule has 0 bridgehead atoms. The number of nitrogens with two attached hydrogens (primary N) is 1. The number of primary amides is 1. The van der Waals surface area contributed by atoms with Gasteiger partial charge in [0.2, 0.25) is 5.91 Å². The minimum atomic E-state index is -0.590. The number of pyridine rings is 1. The lowest BCUT2D eigenvalue weighted by molar-refractivity contribution is 0.1000. The van der Waals surface area contributed by atoms with Crippen LogP contribution in [-0.4, -0.2) is 23.1 Å². The van der Waals surface area contributed by atoms with Gasteiger partial charge in [-0.15, -0.1) is 0 Å². The second-order valence-electron chi connectivity index (χ2n) is 7.88. The molecular weight excluding hydrogens is 519 g/mol. The largest absolute Gasteiger partial charge is 0.487 e. The van der Waals surface area contributed by atoms with Gasteiger partial charge in [-0.05, 0) is 77.7 Å². The summed E-state index contributed by atoms with van der Waals surface area (Å²) in [4.78, 5) is 36.6. The van der Waals surface area contributed by atoms with Gasteiger partial charge in [-0.1, -0.05) is 12.1 Å². The maximum Gasteiger partial charge on any atom is 0.315 e. The minimum Gasteiger partial charge on any atom is -0.487 e. The van der Waals surface area contributed by atoms with E-state index in [1.807, 2.05) is 6.92 Å². The molecule has 35 heavy (non-hydrogen) atoms. The Hall–Kier alpha value is -3.66. The smallest absolute Gasteiger partial charge is 0.315 e. The lowest BCUT2D eigenvalue weighted by Crippen LogP contribution is -2.35. The Labute approximate surface area is 210 Å². The zero-order valence-corrected chi connectivity index (χ0v) is 21.2. The Morgan fingerprint density at radius 1 is 1.09 bits per heavy atom. The van der Waals surface area contributed by atoms with Crippen molar-refractivity contribution in [2.24, 2.45) is 5.73 Å². The normalized spacial score (nSPS) is 10.7. The highest BCUT2D eigenvalue weighted by Gasteiger charge is 2.17. The fourth-order valence-electron chi connectivity index (χ4n) is 3.54. The summed E-state index contributed by atoms with van der Waals surface area (Å²) < 4.78 is 21.4. The van der Waals surface area contributed by atoms with E-state index in [1.165, 1.54) is 16.7 Å². The molecule has 3 aromatic rings. The lowest BCUT2D eigenvalue weighted by atomic mass is 10.1. The number of carbonyl (C=O) groups excluding carboxylic acids is 2. The number of ether oxygens (including phenoxy) is 1. The van der Waals surface area contributed by atoms with Gasteiger partial charge >= 0.3 is 6.03 Å². The molecule has 0 aliphatic rings. The molecule has 1 heterocycles. The molecule has 3 amide bonds. The van der Waals surface area contributed by atoms with Gasteiger partial charge in [0.05, 0.1) is 5.69 Å². The lowest BCUT2D eigenvalue weighted by Gasteiger charge is -2.17. The van der Waals surface area contributed by atoms with E-state index in [4.69, 9.17) is 10.5 Å². The van der Waals surface area contributed by atoms with Crippen molar-refractivity contribution < 1.29 is 18.7 Å². The first-order valence-corrected chi connectivity index (χ1v) is 11.7. The van der Waals surface area contributed by atoms with Crippen LogP contribution in [0.3, 0.4) is 0 Å². The Kier molecular flexibility index (Phi) is 8.29. The number of hydrogen-bond donors (Lipinski definition) is 3. The van der Waals surface area contributed by atoms with Crippen LogP contribution >= 0.6 is 15.9 Å². The Morgan fingerprint density at radius 2 is 1.83 bits per heavy atom. The molecule has 0 saturated carbocycles. The van der Waals surface area contributed by atoms with E-state index in [2.05, 4.69) is 26.6 Å². The second-order valence-corrected chi connectivity index (χ2v) is 8.68. The summed E-state index contributed by atoms with van der Waals surface area (Å²) in [5, 5.41) is 5.29. The molecule has 0 aliphatic heterocycles. The van der Waals surface area contributed by atoms with Crippen LogP contribution in [0.2, 0.25) is 0 Å². The maximum atomic E-state index is 13.8. The van der Waals surface area contributed by atoms with Crippen molar-refractivity contribution in [1.82, 2.24) is 15.2 Å². The number of aryl methyl sites for hydroxylation is 2. The molecule has 3 rings (SSSR count). The van der Waals surface area contributed by atoms with Crippen LogP contribution < -0.4 is 26.7 Å². The highest BCUT2D eigenvalue weighted by Crippen LogP contribution is 2.27. The molecule has 0 saturated heterocycles. The van der Waals surface area contributed by atoms with Crippen molar-refractivity contribution in [1.29, 1.82) is 0 Å². The van der Waals surface area contributed by atoms with Crippen molar-refractivity contribution in [2.75, 3.05) is 6.54 Å². The Balaban J connectivity index is 1.89. The van der Waals surface area contributed by atoms with Crippen LogP contribution in [0.25, 0.3) is 5.69 Å². The molecule has 4 N–H and O–H groups in total. The average Bonchev–Trinajstić information content (AvgIpc) is 2.81. The van der Waals surface area contributed by atoms with Crippen molar-refractivity contribution in [2.45, 2.75) is 33.9 Å². The Bertz CT molecular complexity index is 1340. The number of rotatable bonds is 8. The van der Waals surface area contributed by atoms with Gasteiger partial charge in [-0.2, -0.15) is 0 Å².